The van der Waals surface area contributed by atoms with Gasteiger partial charge in [-0.3, -0.25) is 14.9 Å². The summed E-state index contributed by atoms with van der Waals surface area (Å²) in [4.78, 5) is 22.8. The molecule has 1 aliphatic carbocycles. The van der Waals surface area contributed by atoms with E-state index in [1.165, 1.54) is 12.1 Å². The summed E-state index contributed by atoms with van der Waals surface area (Å²) in [6.45, 7) is 3.92. The predicted molar refractivity (Wildman–Crippen MR) is 92.2 cm³/mol. The van der Waals surface area contributed by atoms with Gasteiger partial charge >= 0.3 is 0 Å². The molecular weight excluding hydrogens is 310 g/mol. The molecule has 0 atom stereocenters. The molecule has 0 saturated heterocycles. The van der Waals surface area contributed by atoms with Crippen molar-refractivity contribution in [2.24, 2.45) is 0 Å². The molecule has 24 heavy (non-hydrogen) atoms. The number of benzene rings is 1. The fraction of sp³-hybridized carbons (Fsp3) is 0.588. The first kappa shape index (κ1) is 18.2. The number of carbonyl (C=O) groups excluding carboxylic acids is 1. The summed E-state index contributed by atoms with van der Waals surface area (Å²) >= 11 is 0. The van der Waals surface area contributed by atoms with Crippen LogP contribution in [0.4, 0.5) is 11.4 Å². The molecule has 0 spiro atoms. The van der Waals surface area contributed by atoms with Crippen molar-refractivity contribution in [2.45, 2.75) is 57.6 Å². The average molecular weight is 335 g/mol. The van der Waals surface area contributed by atoms with Gasteiger partial charge in [-0.15, -0.1) is 0 Å². The predicted octanol–water partition coefficient (Wildman–Crippen LogP) is 2.84. The Morgan fingerprint density at radius 2 is 2.00 bits per heavy atom. The van der Waals surface area contributed by atoms with Crippen LogP contribution in [0.15, 0.2) is 18.2 Å². The van der Waals surface area contributed by atoms with Gasteiger partial charge in [0.15, 0.2) is 0 Å². The van der Waals surface area contributed by atoms with Crippen LogP contribution in [-0.4, -0.2) is 34.1 Å². The van der Waals surface area contributed by atoms with E-state index < -0.39 is 10.5 Å². The zero-order valence-corrected chi connectivity index (χ0v) is 14.2. The van der Waals surface area contributed by atoms with E-state index >= 15 is 0 Å². The number of carbonyl (C=O) groups is 1. The van der Waals surface area contributed by atoms with Crippen LogP contribution in [-0.2, 0) is 0 Å². The second-order valence-corrected chi connectivity index (χ2v) is 6.76. The van der Waals surface area contributed by atoms with Crippen LogP contribution in [0, 0.1) is 10.1 Å². The van der Waals surface area contributed by atoms with Gasteiger partial charge in [0.05, 0.1) is 10.5 Å². The van der Waals surface area contributed by atoms with Gasteiger partial charge < -0.3 is 15.7 Å². The van der Waals surface area contributed by atoms with Gasteiger partial charge in [-0.1, -0.05) is 19.3 Å². The van der Waals surface area contributed by atoms with Gasteiger partial charge in [0.25, 0.3) is 11.6 Å². The van der Waals surface area contributed by atoms with Gasteiger partial charge in [-0.2, -0.15) is 0 Å². The molecule has 1 aromatic rings. The maximum absolute atomic E-state index is 12.0. The maximum Gasteiger partial charge on any atom is 0.293 e. The Hall–Kier alpha value is -2.15. The molecule has 7 heteroatoms. The molecule has 1 saturated carbocycles. The quantitative estimate of drug-likeness (QED) is 0.548. The zero-order chi connectivity index (χ0) is 17.7. The number of aliphatic hydroxyl groups is 1. The molecule has 1 aromatic carbocycles. The van der Waals surface area contributed by atoms with E-state index in [4.69, 9.17) is 0 Å². The fourth-order valence-electron chi connectivity index (χ4n) is 2.97. The molecule has 132 valence electrons. The van der Waals surface area contributed by atoms with E-state index in [0.717, 1.165) is 19.3 Å². The minimum absolute atomic E-state index is 0.0464. The number of nitrogens with one attached hydrogen (secondary N) is 2. The van der Waals surface area contributed by atoms with Gasteiger partial charge in [-0.05, 0) is 38.8 Å². The second kappa shape index (κ2) is 7.61. The molecule has 0 aromatic heterocycles. The molecule has 0 heterocycles. The summed E-state index contributed by atoms with van der Waals surface area (Å²) in [5.74, 6) is -0.342. The van der Waals surface area contributed by atoms with E-state index in [1.54, 1.807) is 6.07 Å². The largest absolute Gasteiger partial charge is 0.388 e. The van der Waals surface area contributed by atoms with E-state index in [-0.39, 0.29) is 29.7 Å². The number of nitro benzene ring substituents is 1. The third-order valence-corrected chi connectivity index (χ3v) is 4.27. The van der Waals surface area contributed by atoms with Crippen molar-refractivity contribution < 1.29 is 14.8 Å². The number of nitro groups is 1. The SMILES string of the molecule is CC(C)NC(=O)c1ccc(NCC2(O)CCCCC2)c([N+](=O)[O-])c1. The minimum Gasteiger partial charge on any atom is -0.388 e. The highest BCUT2D eigenvalue weighted by Crippen LogP contribution is 2.31. The normalized spacial score (nSPS) is 16.7. The third-order valence-electron chi connectivity index (χ3n) is 4.27. The molecule has 0 bridgehead atoms. The van der Waals surface area contributed by atoms with Crippen LogP contribution in [0.2, 0.25) is 0 Å². The Balaban J connectivity index is 2.14. The highest BCUT2D eigenvalue weighted by molar-refractivity contribution is 5.95. The molecule has 2 rings (SSSR count). The van der Waals surface area contributed by atoms with Crippen molar-refractivity contribution >= 4 is 17.3 Å². The van der Waals surface area contributed by atoms with Gasteiger partial charge in [-0.25, -0.2) is 0 Å². The summed E-state index contributed by atoms with van der Waals surface area (Å²) in [5.41, 5.74) is -0.414. The molecular formula is C17H25N3O4. The van der Waals surface area contributed by atoms with Crippen molar-refractivity contribution in [1.29, 1.82) is 0 Å². The maximum atomic E-state index is 12.0. The molecule has 0 unspecified atom stereocenters. The summed E-state index contributed by atoms with van der Waals surface area (Å²) in [6, 6.07) is 4.30. The summed E-state index contributed by atoms with van der Waals surface area (Å²) in [6.07, 6.45) is 4.44. The van der Waals surface area contributed by atoms with Crippen molar-refractivity contribution in [3.63, 3.8) is 0 Å². The average Bonchev–Trinajstić information content (AvgIpc) is 2.53. The molecule has 0 radical (unpaired) electrons. The number of amides is 1. The lowest BCUT2D eigenvalue weighted by Gasteiger charge is -2.32. The van der Waals surface area contributed by atoms with Crippen LogP contribution < -0.4 is 10.6 Å². The number of nitrogens with zero attached hydrogens (tertiary/aromatic N) is 1. The van der Waals surface area contributed by atoms with Crippen LogP contribution in [0.3, 0.4) is 0 Å². The molecule has 7 nitrogen and oxygen atoms in total. The smallest absolute Gasteiger partial charge is 0.293 e. The van der Waals surface area contributed by atoms with Crippen molar-refractivity contribution in [3.05, 3.63) is 33.9 Å². The highest BCUT2D eigenvalue weighted by atomic mass is 16.6. The first-order chi connectivity index (χ1) is 11.3. The van der Waals surface area contributed by atoms with Crippen LogP contribution in [0.1, 0.15) is 56.3 Å². The molecule has 0 aliphatic heterocycles. The van der Waals surface area contributed by atoms with Crippen molar-refractivity contribution in [2.75, 3.05) is 11.9 Å². The van der Waals surface area contributed by atoms with E-state index in [2.05, 4.69) is 10.6 Å². The van der Waals surface area contributed by atoms with Gasteiger partial charge in [0.2, 0.25) is 0 Å². The third kappa shape index (κ3) is 4.67. The summed E-state index contributed by atoms with van der Waals surface area (Å²) in [5, 5.41) is 27.5. The topological polar surface area (TPSA) is 104 Å². The molecule has 3 N–H and O–H groups in total. The zero-order valence-electron chi connectivity index (χ0n) is 14.2. The minimum atomic E-state index is -0.820. The number of anilines is 1. The Morgan fingerprint density at radius 1 is 1.33 bits per heavy atom. The van der Waals surface area contributed by atoms with E-state index in [1.807, 2.05) is 13.8 Å². The molecule has 1 fully saturated rings. The Bertz CT molecular complexity index is 610. The van der Waals surface area contributed by atoms with Gasteiger partial charge in [0.1, 0.15) is 5.69 Å². The second-order valence-electron chi connectivity index (χ2n) is 6.76. The van der Waals surface area contributed by atoms with E-state index in [9.17, 15) is 20.0 Å². The lowest BCUT2D eigenvalue weighted by molar-refractivity contribution is -0.384. The number of rotatable bonds is 6. The lowest BCUT2D eigenvalue weighted by atomic mass is 9.85. The first-order valence-corrected chi connectivity index (χ1v) is 8.36. The van der Waals surface area contributed by atoms with Crippen LogP contribution in [0.25, 0.3) is 0 Å². The lowest BCUT2D eigenvalue weighted by Crippen LogP contribution is -2.38. The van der Waals surface area contributed by atoms with Crippen molar-refractivity contribution in [3.8, 4) is 0 Å². The first-order valence-electron chi connectivity index (χ1n) is 8.36. The van der Waals surface area contributed by atoms with E-state index in [0.29, 0.717) is 18.5 Å². The van der Waals surface area contributed by atoms with Gasteiger partial charge in [0, 0.05) is 24.2 Å². The highest BCUT2D eigenvalue weighted by Gasteiger charge is 2.29. The molecule has 1 aliphatic rings. The Morgan fingerprint density at radius 3 is 2.58 bits per heavy atom. The fourth-order valence-corrected chi connectivity index (χ4v) is 2.97. The standard InChI is InChI=1S/C17H25N3O4/c1-12(2)19-16(21)13-6-7-14(15(10-13)20(23)24)18-11-17(22)8-4-3-5-9-17/h6-7,10,12,18,22H,3-5,8-9,11H2,1-2H3,(H,19,21). The summed E-state index contributed by atoms with van der Waals surface area (Å²) < 4.78 is 0. The Labute approximate surface area is 141 Å². The van der Waals surface area contributed by atoms with Crippen LogP contribution in [0.5, 0.6) is 0 Å². The number of hydrogen-bond donors (Lipinski definition) is 3. The van der Waals surface area contributed by atoms with Crippen molar-refractivity contribution in [1.82, 2.24) is 5.32 Å². The summed E-state index contributed by atoms with van der Waals surface area (Å²) in [7, 11) is 0. The monoisotopic (exact) mass is 335 g/mol. The number of hydrogen-bond acceptors (Lipinski definition) is 5. The van der Waals surface area contributed by atoms with Crippen LogP contribution >= 0.6 is 0 Å². The Kier molecular flexibility index (Phi) is 5.77. The molecule has 1 amide bonds.